The van der Waals surface area contributed by atoms with Crippen molar-refractivity contribution in [3.8, 4) is 0 Å². The van der Waals surface area contributed by atoms with Gasteiger partial charge in [-0.05, 0) is 31.1 Å². The highest BCUT2D eigenvalue weighted by Crippen LogP contribution is 2.36. The first-order valence-electron chi connectivity index (χ1n) is 7.77. The number of nitrogens with zero attached hydrogens (tertiary/aromatic N) is 1. The maximum Gasteiger partial charge on any atom is 0.280 e. The van der Waals surface area contributed by atoms with Gasteiger partial charge in [-0.3, -0.25) is 0 Å². The monoisotopic (exact) mass is 304 g/mol. The molecule has 0 aromatic carbocycles. The summed E-state index contributed by atoms with van der Waals surface area (Å²) in [5.41, 5.74) is 0.00974. The lowest BCUT2D eigenvalue weighted by atomic mass is 9.74. The number of hydrogen-bond acceptors (Lipinski definition) is 3. The number of aliphatic hydroxyl groups excluding tert-OH is 1. The minimum absolute atomic E-state index is 0.00233. The second-order valence-electron chi connectivity index (χ2n) is 6.85. The van der Waals surface area contributed by atoms with Crippen LogP contribution in [0.5, 0.6) is 0 Å². The molecular weight excluding hydrogens is 276 g/mol. The van der Waals surface area contributed by atoms with E-state index in [2.05, 4.69) is 18.6 Å². The van der Waals surface area contributed by atoms with Gasteiger partial charge in [0.05, 0.1) is 6.61 Å². The molecule has 0 aromatic rings. The van der Waals surface area contributed by atoms with E-state index in [1.807, 2.05) is 0 Å². The molecule has 2 unspecified atom stereocenters. The predicted molar refractivity (Wildman–Crippen MR) is 79.5 cm³/mol. The van der Waals surface area contributed by atoms with Crippen molar-refractivity contribution in [2.24, 2.45) is 5.41 Å². The smallest absolute Gasteiger partial charge is 0.280 e. The van der Waals surface area contributed by atoms with E-state index in [0.29, 0.717) is 6.54 Å². The number of rotatable bonds is 4. The Balaban J connectivity index is 2.09. The van der Waals surface area contributed by atoms with Gasteiger partial charge in [-0.15, -0.1) is 0 Å². The molecule has 1 heterocycles. The Morgan fingerprint density at radius 2 is 1.90 bits per heavy atom. The van der Waals surface area contributed by atoms with Gasteiger partial charge in [0, 0.05) is 18.6 Å². The summed E-state index contributed by atoms with van der Waals surface area (Å²) in [6, 6.07) is -0.254. The Bertz CT molecular complexity index is 422. The topological polar surface area (TPSA) is 69.6 Å². The number of piperidine rings is 1. The number of nitrogens with one attached hydrogen (secondary N) is 1. The summed E-state index contributed by atoms with van der Waals surface area (Å²) in [5.74, 6) is 0. The van der Waals surface area contributed by atoms with Crippen LogP contribution >= 0.6 is 0 Å². The van der Waals surface area contributed by atoms with Gasteiger partial charge in [0.2, 0.25) is 0 Å². The molecule has 2 aliphatic rings. The highest BCUT2D eigenvalue weighted by Gasteiger charge is 2.38. The van der Waals surface area contributed by atoms with Crippen LogP contribution < -0.4 is 4.72 Å². The lowest BCUT2D eigenvalue weighted by molar-refractivity contribution is 0.147. The van der Waals surface area contributed by atoms with Crippen LogP contribution in [-0.4, -0.2) is 43.1 Å². The van der Waals surface area contributed by atoms with Gasteiger partial charge < -0.3 is 5.11 Å². The second kappa shape index (κ2) is 6.30. The zero-order chi connectivity index (χ0) is 14.8. The highest BCUT2D eigenvalue weighted by molar-refractivity contribution is 7.87. The van der Waals surface area contributed by atoms with Gasteiger partial charge in [-0.25, -0.2) is 0 Å². The van der Waals surface area contributed by atoms with Crippen molar-refractivity contribution < 1.29 is 13.5 Å². The van der Waals surface area contributed by atoms with Crippen LogP contribution in [0, 0.1) is 5.41 Å². The molecular formula is C14H28N2O3S. The van der Waals surface area contributed by atoms with Crippen molar-refractivity contribution in [2.75, 3.05) is 13.2 Å². The molecule has 2 N–H and O–H groups in total. The largest absolute Gasteiger partial charge is 0.395 e. The van der Waals surface area contributed by atoms with Crippen molar-refractivity contribution in [1.82, 2.24) is 9.03 Å². The van der Waals surface area contributed by atoms with E-state index in [-0.39, 0.29) is 24.1 Å². The highest BCUT2D eigenvalue weighted by atomic mass is 32.2. The molecule has 20 heavy (non-hydrogen) atoms. The van der Waals surface area contributed by atoms with Gasteiger partial charge in [0.15, 0.2) is 0 Å². The van der Waals surface area contributed by atoms with Crippen LogP contribution in [0.4, 0.5) is 0 Å². The molecule has 2 rings (SSSR count). The zero-order valence-electron chi connectivity index (χ0n) is 12.6. The van der Waals surface area contributed by atoms with E-state index in [4.69, 9.17) is 0 Å². The molecule has 1 aliphatic heterocycles. The van der Waals surface area contributed by atoms with Gasteiger partial charge in [-0.2, -0.15) is 17.4 Å². The molecule has 2 fully saturated rings. The lowest BCUT2D eigenvalue weighted by Crippen LogP contribution is -2.55. The fourth-order valence-electron chi connectivity index (χ4n) is 3.43. The molecule has 0 aromatic heterocycles. The van der Waals surface area contributed by atoms with E-state index < -0.39 is 10.2 Å². The molecule has 118 valence electrons. The van der Waals surface area contributed by atoms with Gasteiger partial charge in [0.25, 0.3) is 10.2 Å². The first-order valence-corrected chi connectivity index (χ1v) is 9.21. The fraction of sp³-hybridized carbons (Fsp3) is 1.00. The normalized spacial score (nSPS) is 32.1. The van der Waals surface area contributed by atoms with E-state index in [9.17, 15) is 13.5 Å². The molecule has 2 atom stereocenters. The number of hydrogen-bond donors (Lipinski definition) is 2. The average molecular weight is 304 g/mol. The summed E-state index contributed by atoms with van der Waals surface area (Å²) in [7, 11) is -3.49. The molecule has 6 heteroatoms. The summed E-state index contributed by atoms with van der Waals surface area (Å²) >= 11 is 0. The van der Waals surface area contributed by atoms with E-state index in [1.54, 1.807) is 0 Å². The molecule has 0 spiro atoms. The van der Waals surface area contributed by atoms with Crippen molar-refractivity contribution in [1.29, 1.82) is 0 Å². The van der Waals surface area contributed by atoms with Crippen LogP contribution in [0.15, 0.2) is 0 Å². The fourth-order valence-corrected chi connectivity index (χ4v) is 5.30. The Hall–Kier alpha value is -0.170. The summed E-state index contributed by atoms with van der Waals surface area (Å²) in [4.78, 5) is 0. The molecule has 1 saturated carbocycles. The summed E-state index contributed by atoms with van der Waals surface area (Å²) in [6.07, 6.45) is 6.85. The summed E-state index contributed by atoms with van der Waals surface area (Å²) in [5, 5.41) is 9.40. The Labute approximate surface area is 122 Å². The van der Waals surface area contributed by atoms with Crippen LogP contribution in [0.2, 0.25) is 0 Å². The molecule has 1 saturated heterocycles. The Kier molecular flexibility index (Phi) is 5.10. The second-order valence-corrected chi connectivity index (χ2v) is 8.51. The minimum atomic E-state index is -3.49. The third-order valence-corrected chi connectivity index (χ3v) is 6.57. The van der Waals surface area contributed by atoms with Crippen LogP contribution in [0.1, 0.15) is 58.8 Å². The Morgan fingerprint density at radius 1 is 1.20 bits per heavy atom. The standard InChI is InChI=1S/C14H28N2O3S/c1-14(2)9-5-3-8-13(14)15-20(18,19)16-10-6-4-7-12(16)11-17/h12-13,15,17H,3-11H2,1-2H3. The number of aliphatic hydroxyl groups is 1. The van der Waals surface area contributed by atoms with E-state index >= 15 is 0 Å². The zero-order valence-corrected chi connectivity index (χ0v) is 13.5. The molecule has 1 aliphatic carbocycles. The van der Waals surface area contributed by atoms with Crippen LogP contribution in [0.25, 0.3) is 0 Å². The minimum Gasteiger partial charge on any atom is -0.395 e. The van der Waals surface area contributed by atoms with E-state index in [0.717, 1.165) is 38.5 Å². The molecule has 0 bridgehead atoms. The maximum atomic E-state index is 12.6. The van der Waals surface area contributed by atoms with E-state index in [1.165, 1.54) is 10.7 Å². The average Bonchev–Trinajstić information content (AvgIpc) is 2.41. The predicted octanol–water partition coefficient (Wildman–Crippen LogP) is 1.64. The first-order chi connectivity index (χ1) is 9.37. The molecule has 0 radical (unpaired) electrons. The Morgan fingerprint density at radius 3 is 2.55 bits per heavy atom. The lowest BCUT2D eigenvalue weighted by Gasteiger charge is -2.41. The van der Waals surface area contributed by atoms with Gasteiger partial charge in [0.1, 0.15) is 0 Å². The summed E-state index contributed by atoms with van der Waals surface area (Å²) in [6.45, 7) is 4.71. The first kappa shape index (κ1) is 16.2. The van der Waals surface area contributed by atoms with Gasteiger partial charge >= 0.3 is 0 Å². The van der Waals surface area contributed by atoms with Crippen molar-refractivity contribution in [3.63, 3.8) is 0 Å². The summed E-state index contributed by atoms with van der Waals surface area (Å²) < 4.78 is 29.6. The van der Waals surface area contributed by atoms with Crippen LogP contribution in [0.3, 0.4) is 0 Å². The third kappa shape index (κ3) is 3.53. The third-order valence-electron chi connectivity index (χ3n) is 4.89. The van der Waals surface area contributed by atoms with Gasteiger partial charge in [-0.1, -0.05) is 33.1 Å². The van der Waals surface area contributed by atoms with Crippen molar-refractivity contribution >= 4 is 10.2 Å². The van der Waals surface area contributed by atoms with Crippen molar-refractivity contribution in [2.45, 2.75) is 70.9 Å². The van der Waals surface area contributed by atoms with Crippen molar-refractivity contribution in [3.05, 3.63) is 0 Å². The SMILES string of the molecule is CC1(C)CCCCC1NS(=O)(=O)N1CCCCC1CO. The molecule has 0 amide bonds. The molecule has 5 nitrogen and oxygen atoms in total. The van der Waals surface area contributed by atoms with Crippen LogP contribution in [-0.2, 0) is 10.2 Å². The quantitative estimate of drug-likeness (QED) is 0.829. The maximum absolute atomic E-state index is 12.6.